The lowest BCUT2D eigenvalue weighted by atomic mass is 9.97. The maximum absolute atomic E-state index is 13.2. The van der Waals surface area contributed by atoms with Gasteiger partial charge in [-0.15, -0.1) is 0 Å². The molecule has 1 aliphatic heterocycles. The van der Waals surface area contributed by atoms with Crippen LogP contribution in [-0.4, -0.2) is 40.4 Å². The van der Waals surface area contributed by atoms with E-state index in [1.807, 2.05) is 0 Å². The molecule has 9 heteroatoms. The summed E-state index contributed by atoms with van der Waals surface area (Å²) in [5.41, 5.74) is -1.39. The van der Waals surface area contributed by atoms with E-state index in [2.05, 4.69) is 5.32 Å². The number of piperidine rings is 1. The van der Waals surface area contributed by atoms with E-state index in [1.165, 1.54) is 29.3 Å². The number of nitrogens with one attached hydrogen (secondary N) is 1. The standard InChI is InChI=1S/C22H22F3N3O3/c23-22(24,25)16-4-1-5-18(11-16)27-13-15(6-9-19(27)29)21(31)28(17-7-8-17)20(30)14-3-2-10-26-12-14/h1,4-6,9,11,13-14,17,26H,2-3,7-8,10,12H2. The van der Waals surface area contributed by atoms with Crippen molar-refractivity contribution < 1.29 is 22.8 Å². The first kappa shape index (κ1) is 21.3. The van der Waals surface area contributed by atoms with Crippen LogP contribution >= 0.6 is 0 Å². The Morgan fingerprint density at radius 3 is 2.52 bits per heavy atom. The lowest BCUT2D eigenvalue weighted by molar-refractivity contribution is -0.137. The van der Waals surface area contributed by atoms with Gasteiger partial charge in [-0.3, -0.25) is 23.9 Å². The third-order valence-electron chi connectivity index (χ3n) is 5.62. The van der Waals surface area contributed by atoms with E-state index in [9.17, 15) is 27.6 Å². The average Bonchev–Trinajstić information content (AvgIpc) is 3.59. The maximum atomic E-state index is 13.2. The molecule has 164 valence electrons. The first-order chi connectivity index (χ1) is 14.8. The summed E-state index contributed by atoms with van der Waals surface area (Å²) < 4.78 is 40.2. The number of halogens is 3. The van der Waals surface area contributed by atoms with E-state index < -0.39 is 23.2 Å². The largest absolute Gasteiger partial charge is 0.416 e. The van der Waals surface area contributed by atoms with Crippen molar-refractivity contribution in [1.29, 1.82) is 0 Å². The summed E-state index contributed by atoms with van der Waals surface area (Å²) in [5, 5.41) is 3.17. The first-order valence-corrected chi connectivity index (χ1v) is 10.2. The van der Waals surface area contributed by atoms with Crippen LogP contribution in [0.15, 0.2) is 47.4 Å². The highest BCUT2D eigenvalue weighted by Gasteiger charge is 2.40. The number of hydrogen-bond acceptors (Lipinski definition) is 4. The fraction of sp³-hybridized carbons (Fsp3) is 0.409. The zero-order valence-corrected chi connectivity index (χ0v) is 16.7. The van der Waals surface area contributed by atoms with Crippen LogP contribution in [0.1, 0.15) is 41.6 Å². The molecular formula is C22H22F3N3O3. The quantitative estimate of drug-likeness (QED) is 0.753. The number of carbonyl (C=O) groups is 2. The predicted octanol–water partition coefficient (Wildman–Crippen LogP) is 2.99. The van der Waals surface area contributed by atoms with Gasteiger partial charge in [0.15, 0.2) is 0 Å². The highest BCUT2D eigenvalue weighted by Crippen LogP contribution is 2.32. The molecule has 2 amide bonds. The number of nitrogens with zero attached hydrogens (tertiary/aromatic N) is 2. The second-order valence-corrected chi connectivity index (χ2v) is 7.96. The Kier molecular flexibility index (Phi) is 5.70. The van der Waals surface area contributed by atoms with E-state index in [1.54, 1.807) is 0 Å². The molecule has 4 rings (SSSR count). The van der Waals surface area contributed by atoms with Gasteiger partial charge in [0.1, 0.15) is 0 Å². The molecule has 1 N–H and O–H groups in total. The summed E-state index contributed by atoms with van der Waals surface area (Å²) in [4.78, 5) is 39.9. The predicted molar refractivity (Wildman–Crippen MR) is 107 cm³/mol. The van der Waals surface area contributed by atoms with Crippen LogP contribution in [0.3, 0.4) is 0 Å². The SMILES string of the molecule is O=C(c1ccc(=O)n(-c2cccc(C(F)(F)F)c2)c1)N(C(=O)C1CCCNC1)C1CC1. The van der Waals surface area contributed by atoms with Crippen molar-refractivity contribution >= 4 is 11.8 Å². The van der Waals surface area contributed by atoms with Crippen molar-refractivity contribution in [2.45, 2.75) is 37.9 Å². The lowest BCUT2D eigenvalue weighted by Crippen LogP contribution is -2.47. The van der Waals surface area contributed by atoms with E-state index in [0.29, 0.717) is 13.0 Å². The van der Waals surface area contributed by atoms with Gasteiger partial charge in [0.05, 0.1) is 17.0 Å². The van der Waals surface area contributed by atoms with Gasteiger partial charge in [-0.25, -0.2) is 0 Å². The highest BCUT2D eigenvalue weighted by molar-refractivity contribution is 6.05. The van der Waals surface area contributed by atoms with Gasteiger partial charge < -0.3 is 5.32 Å². The number of imide groups is 1. The molecule has 1 aromatic carbocycles. The molecule has 1 aliphatic carbocycles. The number of carbonyl (C=O) groups excluding carboxylic acids is 2. The smallest absolute Gasteiger partial charge is 0.316 e. The third kappa shape index (κ3) is 4.56. The van der Waals surface area contributed by atoms with Crippen LogP contribution in [0, 0.1) is 5.92 Å². The van der Waals surface area contributed by atoms with Gasteiger partial charge in [0.25, 0.3) is 11.5 Å². The van der Waals surface area contributed by atoms with Crippen molar-refractivity contribution in [1.82, 2.24) is 14.8 Å². The minimum absolute atomic E-state index is 0.00439. The van der Waals surface area contributed by atoms with Gasteiger partial charge in [-0.2, -0.15) is 13.2 Å². The molecule has 2 aliphatic rings. The second-order valence-electron chi connectivity index (χ2n) is 7.96. The van der Waals surface area contributed by atoms with Crippen LogP contribution < -0.4 is 10.9 Å². The molecule has 1 saturated heterocycles. The van der Waals surface area contributed by atoms with Crippen molar-refractivity contribution in [3.8, 4) is 5.69 Å². The summed E-state index contributed by atoms with van der Waals surface area (Å²) >= 11 is 0. The number of rotatable bonds is 4. The summed E-state index contributed by atoms with van der Waals surface area (Å²) in [6.45, 7) is 1.35. The van der Waals surface area contributed by atoms with Crippen LogP contribution in [0.5, 0.6) is 0 Å². The Morgan fingerprint density at radius 2 is 1.87 bits per heavy atom. The lowest BCUT2D eigenvalue weighted by Gasteiger charge is -2.28. The van der Waals surface area contributed by atoms with E-state index in [0.717, 1.165) is 48.6 Å². The fourth-order valence-electron chi connectivity index (χ4n) is 3.82. The van der Waals surface area contributed by atoms with Gasteiger partial charge in [-0.1, -0.05) is 6.07 Å². The molecule has 1 atom stereocenters. The third-order valence-corrected chi connectivity index (χ3v) is 5.62. The van der Waals surface area contributed by atoms with Gasteiger partial charge in [-0.05, 0) is 56.5 Å². The van der Waals surface area contributed by atoms with Crippen LogP contribution in [0.4, 0.5) is 13.2 Å². The normalized spacial score (nSPS) is 19.1. The van der Waals surface area contributed by atoms with E-state index in [4.69, 9.17) is 0 Å². The number of amides is 2. The summed E-state index contributed by atoms with van der Waals surface area (Å²) in [6.07, 6.45) is -0.344. The first-order valence-electron chi connectivity index (χ1n) is 10.2. The zero-order chi connectivity index (χ0) is 22.2. The Morgan fingerprint density at radius 1 is 1.10 bits per heavy atom. The Balaban J connectivity index is 1.66. The average molecular weight is 433 g/mol. The van der Waals surface area contributed by atoms with Gasteiger partial charge in [0, 0.05) is 30.5 Å². The minimum Gasteiger partial charge on any atom is -0.316 e. The molecule has 1 saturated carbocycles. The number of hydrogen-bond donors (Lipinski definition) is 1. The highest BCUT2D eigenvalue weighted by atomic mass is 19.4. The fourth-order valence-corrected chi connectivity index (χ4v) is 3.82. The molecule has 1 unspecified atom stereocenters. The monoisotopic (exact) mass is 433 g/mol. The molecule has 0 bridgehead atoms. The molecule has 0 spiro atoms. The summed E-state index contributed by atoms with van der Waals surface area (Å²) in [5.74, 6) is -1.05. The molecule has 6 nitrogen and oxygen atoms in total. The Labute approximate surface area is 176 Å². The van der Waals surface area contributed by atoms with Crippen molar-refractivity contribution in [2.75, 3.05) is 13.1 Å². The van der Waals surface area contributed by atoms with Gasteiger partial charge >= 0.3 is 6.18 Å². The minimum atomic E-state index is -4.56. The number of alkyl halides is 3. The van der Waals surface area contributed by atoms with Gasteiger partial charge in [0.2, 0.25) is 5.91 Å². The van der Waals surface area contributed by atoms with Crippen molar-refractivity contribution in [3.05, 3.63) is 64.1 Å². The summed E-state index contributed by atoms with van der Waals surface area (Å²) in [7, 11) is 0. The van der Waals surface area contributed by atoms with E-state index in [-0.39, 0.29) is 29.1 Å². The number of benzene rings is 1. The molecular weight excluding hydrogens is 411 g/mol. The molecule has 0 radical (unpaired) electrons. The van der Waals surface area contributed by atoms with Crippen LogP contribution in [0.2, 0.25) is 0 Å². The van der Waals surface area contributed by atoms with Crippen LogP contribution in [-0.2, 0) is 11.0 Å². The Hall–Kier alpha value is -2.94. The Bertz CT molecular complexity index is 1050. The zero-order valence-electron chi connectivity index (χ0n) is 16.7. The number of pyridine rings is 1. The van der Waals surface area contributed by atoms with Crippen molar-refractivity contribution in [3.63, 3.8) is 0 Å². The molecule has 31 heavy (non-hydrogen) atoms. The molecule has 2 fully saturated rings. The van der Waals surface area contributed by atoms with E-state index >= 15 is 0 Å². The molecule has 2 aromatic rings. The molecule has 2 heterocycles. The second kappa shape index (κ2) is 8.30. The summed E-state index contributed by atoms with van der Waals surface area (Å²) in [6, 6.07) is 6.61. The molecule has 1 aromatic heterocycles. The topological polar surface area (TPSA) is 71.4 Å². The van der Waals surface area contributed by atoms with Crippen molar-refractivity contribution in [2.24, 2.45) is 5.92 Å². The maximum Gasteiger partial charge on any atom is 0.416 e. The number of aromatic nitrogens is 1. The van der Waals surface area contributed by atoms with Crippen LogP contribution in [0.25, 0.3) is 5.69 Å².